The zero-order chi connectivity index (χ0) is 49.0. The lowest BCUT2D eigenvalue weighted by Crippen LogP contribution is -3.10. The van der Waals surface area contributed by atoms with Gasteiger partial charge in [0, 0.05) is 59.1 Å². The summed E-state index contributed by atoms with van der Waals surface area (Å²) in [6.07, 6.45) is 16.1. The monoisotopic (exact) mass is 983 g/mol. The number of ether oxygens (including phenoxy) is 1. The third-order valence-electron chi connectivity index (χ3n) is 12.9. The molecule has 0 saturated carbocycles. The molecule has 2 aliphatic heterocycles. The molecule has 0 aromatic heterocycles. The van der Waals surface area contributed by atoms with Gasteiger partial charge >= 0.3 is 6.09 Å². The van der Waals surface area contributed by atoms with Gasteiger partial charge in [-0.1, -0.05) is 62.4 Å². The lowest BCUT2D eigenvalue weighted by Gasteiger charge is -2.28. The van der Waals surface area contributed by atoms with Crippen molar-refractivity contribution in [2.24, 2.45) is 0 Å². The Morgan fingerprint density at radius 1 is 0.836 bits per heavy atom. The molecule has 2 unspecified atom stereocenters. The van der Waals surface area contributed by atoms with E-state index < -0.39 is 31.9 Å². The number of unbranched alkanes of at least 4 members (excludes halogenated alkanes) is 4. The average molecular weight is 984 g/mol. The zero-order valence-corrected chi connectivity index (χ0v) is 43.1. The number of quaternary nitrogens is 1. The molecule has 2 aromatic carbocycles. The van der Waals surface area contributed by atoms with Crippen molar-refractivity contribution in [3.8, 4) is 0 Å². The molecule has 0 spiro atoms. The minimum atomic E-state index is -4.05. The number of carbonyl (C=O) groups is 2. The second kappa shape index (κ2) is 23.6. The van der Waals surface area contributed by atoms with Crippen LogP contribution in [0.25, 0.3) is 0 Å². The minimum Gasteiger partial charge on any atom is -0.444 e. The van der Waals surface area contributed by atoms with Crippen molar-refractivity contribution < 1.29 is 45.2 Å². The summed E-state index contributed by atoms with van der Waals surface area (Å²) in [4.78, 5) is 29.8. The van der Waals surface area contributed by atoms with Gasteiger partial charge in [-0.2, -0.15) is 16.8 Å². The number of thioether (sulfide) groups is 1. The number of para-hydroxylation sites is 2. The summed E-state index contributed by atoms with van der Waals surface area (Å²) in [5.74, 6) is 0.0528. The summed E-state index contributed by atoms with van der Waals surface area (Å²) >= 11 is 1.71. The first-order valence-corrected chi connectivity index (χ1v) is 28.1. The number of allylic oxidation sites excluding steroid dienone is 6. The zero-order valence-electron chi connectivity index (χ0n) is 40.7. The Morgan fingerprint density at radius 2 is 1.48 bits per heavy atom. The molecular formula is C51H75N4O9S3+. The summed E-state index contributed by atoms with van der Waals surface area (Å²) in [5.41, 5.74) is 7.21. The van der Waals surface area contributed by atoms with Crippen LogP contribution in [0.5, 0.6) is 0 Å². The van der Waals surface area contributed by atoms with E-state index in [1.165, 1.54) is 37.8 Å². The molecule has 5 N–H and O–H groups in total. The van der Waals surface area contributed by atoms with Gasteiger partial charge in [-0.05, 0) is 140 Å². The van der Waals surface area contributed by atoms with E-state index >= 15 is 0 Å². The molecule has 370 valence electrons. The first-order chi connectivity index (χ1) is 31.5. The molecular weight excluding hydrogens is 909 g/mol. The summed E-state index contributed by atoms with van der Waals surface area (Å²) in [7, 11) is -8.09. The van der Waals surface area contributed by atoms with Crippen molar-refractivity contribution >= 4 is 55.4 Å². The standard InChI is InChI=1S/C51H74N4O9S3/c1-49(2,3)64-48(57)53-32-14-8-13-31-52-46(56)30-35-65-47-38(26-28-44-50(4,5)40-22-9-11-24-42(40)54(44)33-15-17-36-66(58,59)60)20-19-21-39(47)27-29-45-51(6,7)41-23-10-12-25-43(41)55(45)34-16-18-37-67(61,62)63/h9-12,22-29,44H,8,13-21,30-37H2,1-7H3,(H,52,56)(H,53,57)(H,58,59,60)(H,61,62,63)/p+1. The van der Waals surface area contributed by atoms with Crippen LogP contribution in [0.1, 0.15) is 130 Å². The van der Waals surface area contributed by atoms with E-state index in [-0.39, 0.29) is 34.3 Å². The van der Waals surface area contributed by atoms with Crippen LogP contribution in [0.4, 0.5) is 16.2 Å². The van der Waals surface area contributed by atoms with Crippen LogP contribution in [0.3, 0.4) is 0 Å². The van der Waals surface area contributed by atoms with Gasteiger partial charge in [-0.15, -0.1) is 11.8 Å². The number of hydrogen-bond acceptors (Lipinski definition) is 9. The molecule has 1 aliphatic carbocycles. The van der Waals surface area contributed by atoms with E-state index in [0.29, 0.717) is 64.0 Å². The van der Waals surface area contributed by atoms with Gasteiger partial charge in [-0.25, -0.2) is 4.79 Å². The Kier molecular flexibility index (Phi) is 19.0. The second-order valence-electron chi connectivity index (χ2n) is 20.0. The minimum absolute atomic E-state index is 0.00523. The van der Waals surface area contributed by atoms with Crippen LogP contribution in [-0.4, -0.2) is 93.0 Å². The molecule has 16 heteroatoms. The lowest BCUT2D eigenvalue weighted by atomic mass is 9.80. The molecule has 0 bridgehead atoms. The van der Waals surface area contributed by atoms with Crippen molar-refractivity contribution in [1.29, 1.82) is 0 Å². The fourth-order valence-electron chi connectivity index (χ4n) is 9.57. The van der Waals surface area contributed by atoms with Crippen LogP contribution >= 0.6 is 11.8 Å². The van der Waals surface area contributed by atoms with E-state index in [2.05, 4.69) is 104 Å². The van der Waals surface area contributed by atoms with E-state index in [0.717, 1.165) is 49.9 Å². The molecule has 2 atom stereocenters. The van der Waals surface area contributed by atoms with E-state index in [4.69, 9.17) is 4.74 Å². The third kappa shape index (κ3) is 15.8. The van der Waals surface area contributed by atoms with Gasteiger partial charge < -0.3 is 20.3 Å². The molecule has 5 rings (SSSR count). The van der Waals surface area contributed by atoms with Crippen LogP contribution in [0.2, 0.25) is 0 Å². The fraction of sp³-hybridized carbons (Fsp3) is 0.569. The Bertz CT molecular complexity index is 2400. The number of nitrogens with one attached hydrogen (secondary N) is 3. The lowest BCUT2D eigenvalue weighted by molar-refractivity contribution is -0.850. The van der Waals surface area contributed by atoms with Crippen molar-refractivity contribution in [3.05, 3.63) is 106 Å². The highest BCUT2D eigenvalue weighted by atomic mass is 32.2. The Labute approximate surface area is 404 Å². The smallest absolute Gasteiger partial charge is 0.407 e. The predicted octanol–water partition coefficient (Wildman–Crippen LogP) is 8.74. The van der Waals surface area contributed by atoms with Crippen molar-refractivity contribution in [3.63, 3.8) is 0 Å². The first kappa shape index (κ1) is 54.0. The van der Waals surface area contributed by atoms with Gasteiger partial charge in [0.1, 0.15) is 17.3 Å². The largest absolute Gasteiger partial charge is 0.444 e. The highest BCUT2D eigenvalue weighted by molar-refractivity contribution is 8.03. The second-order valence-corrected chi connectivity index (χ2v) is 24.3. The van der Waals surface area contributed by atoms with E-state index in [9.17, 15) is 35.5 Å². The number of rotatable bonds is 23. The topological polar surface area (TPSA) is 184 Å². The number of carbonyl (C=O) groups excluding carboxylic acids is 2. The molecule has 67 heavy (non-hydrogen) atoms. The van der Waals surface area contributed by atoms with Crippen LogP contribution in [0, 0.1) is 0 Å². The van der Waals surface area contributed by atoms with Gasteiger partial charge in [0.15, 0.2) is 0 Å². The number of fused-ring (bicyclic) bond motifs is 2. The van der Waals surface area contributed by atoms with Gasteiger partial charge in [0.25, 0.3) is 20.2 Å². The molecule has 2 amide bonds. The van der Waals surface area contributed by atoms with Gasteiger partial charge in [0.2, 0.25) is 5.91 Å². The number of hydrogen-bond donors (Lipinski definition) is 5. The first-order valence-electron chi connectivity index (χ1n) is 23.9. The number of nitrogens with zero attached hydrogens (tertiary/aromatic N) is 1. The molecule has 3 aliphatic rings. The van der Waals surface area contributed by atoms with Crippen molar-refractivity contribution in [1.82, 2.24) is 10.6 Å². The highest BCUT2D eigenvalue weighted by Crippen LogP contribution is 2.48. The van der Waals surface area contributed by atoms with Crippen LogP contribution < -0.4 is 20.4 Å². The average Bonchev–Trinajstić information content (AvgIpc) is 3.59. The maximum atomic E-state index is 13.2. The number of benzene rings is 2. The highest BCUT2D eigenvalue weighted by Gasteiger charge is 2.47. The predicted molar refractivity (Wildman–Crippen MR) is 271 cm³/mol. The normalized spacial score (nSPS) is 20.4. The molecule has 13 nitrogen and oxygen atoms in total. The summed E-state index contributed by atoms with van der Waals surface area (Å²) in [6.45, 7) is 16.8. The van der Waals surface area contributed by atoms with Gasteiger partial charge in [0.05, 0.1) is 23.5 Å². The third-order valence-corrected chi connectivity index (χ3v) is 15.7. The van der Waals surface area contributed by atoms with E-state index in [1.807, 2.05) is 32.9 Å². The SMILES string of the molecule is CC(C)(C)OC(=O)NCCCCCNC(=O)CCSC1=C(C=CC2[NH+](CCCCS(=O)(=O)O)c3ccccc3C2(C)C)CCCC1=CC=C1N(CCCCS(=O)(=O)O)c2ccccc2C1(C)C. The number of alkyl carbamates (subject to hydrolysis) is 1. The van der Waals surface area contributed by atoms with E-state index in [1.54, 1.807) is 11.8 Å². The molecule has 0 saturated heterocycles. The Morgan fingerprint density at radius 3 is 2.16 bits per heavy atom. The van der Waals surface area contributed by atoms with Crippen molar-refractivity contribution in [2.75, 3.05) is 48.3 Å². The Hall–Kier alpha value is -3.93. The van der Waals surface area contributed by atoms with Crippen LogP contribution in [-0.2, 0) is 40.6 Å². The maximum absolute atomic E-state index is 13.2. The van der Waals surface area contributed by atoms with Crippen LogP contribution in [0.15, 0.2) is 94.6 Å². The Balaban J connectivity index is 1.38. The molecule has 0 radical (unpaired) electrons. The molecule has 2 aromatic rings. The summed E-state index contributed by atoms with van der Waals surface area (Å²) < 4.78 is 70.2. The quantitative estimate of drug-likeness (QED) is 0.0530. The molecule has 2 heterocycles. The number of amides is 2. The van der Waals surface area contributed by atoms with Gasteiger partial charge in [-0.3, -0.25) is 18.8 Å². The molecule has 0 fully saturated rings. The fourth-order valence-corrected chi connectivity index (χ4v) is 11.9. The number of anilines is 1. The summed E-state index contributed by atoms with van der Waals surface area (Å²) in [5, 5.41) is 5.86. The summed E-state index contributed by atoms with van der Waals surface area (Å²) in [6, 6.07) is 16.9. The maximum Gasteiger partial charge on any atom is 0.407 e. The van der Waals surface area contributed by atoms with Crippen molar-refractivity contribution in [2.45, 2.75) is 142 Å².